The summed E-state index contributed by atoms with van der Waals surface area (Å²) < 4.78 is 5.47. The van der Waals surface area contributed by atoms with Crippen LogP contribution in [-0.2, 0) is 4.74 Å². The van der Waals surface area contributed by atoms with Gasteiger partial charge in [-0.05, 0) is 5.92 Å². The van der Waals surface area contributed by atoms with Crippen LogP contribution in [0, 0.1) is 5.92 Å². The van der Waals surface area contributed by atoms with Crippen molar-refractivity contribution < 1.29 is 14.9 Å². The standard InChI is InChI=1S/C9H18O3/c1-7(2)8-5-9(11,6-10)3-4-12-8/h7-8,10-11H,3-6H2,1-2H3. The zero-order valence-electron chi connectivity index (χ0n) is 7.79. The van der Waals surface area contributed by atoms with E-state index in [1.54, 1.807) is 0 Å². The monoisotopic (exact) mass is 174 g/mol. The second kappa shape index (κ2) is 3.73. The summed E-state index contributed by atoms with van der Waals surface area (Å²) >= 11 is 0. The number of rotatable bonds is 2. The summed E-state index contributed by atoms with van der Waals surface area (Å²) in [6.07, 6.45) is 1.20. The van der Waals surface area contributed by atoms with E-state index in [2.05, 4.69) is 13.8 Å². The first-order chi connectivity index (χ1) is 5.57. The quantitative estimate of drug-likeness (QED) is 0.642. The molecule has 0 aliphatic carbocycles. The molecule has 1 fully saturated rings. The summed E-state index contributed by atoms with van der Waals surface area (Å²) in [5.41, 5.74) is -0.896. The summed E-state index contributed by atoms with van der Waals surface area (Å²) in [6, 6.07) is 0. The van der Waals surface area contributed by atoms with Gasteiger partial charge >= 0.3 is 0 Å². The zero-order chi connectivity index (χ0) is 9.19. The lowest BCUT2D eigenvalue weighted by atomic mass is 9.87. The van der Waals surface area contributed by atoms with E-state index in [-0.39, 0.29) is 12.7 Å². The Balaban J connectivity index is 2.51. The average Bonchev–Trinajstić information content (AvgIpc) is 2.05. The third-order valence-corrected chi connectivity index (χ3v) is 2.52. The van der Waals surface area contributed by atoms with E-state index in [9.17, 15) is 5.11 Å². The highest BCUT2D eigenvalue weighted by atomic mass is 16.5. The Hall–Kier alpha value is -0.120. The van der Waals surface area contributed by atoms with E-state index >= 15 is 0 Å². The van der Waals surface area contributed by atoms with Crippen LogP contribution in [-0.4, -0.2) is 35.1 Å². The largest absolute Gasteiger partial charge is 0.393 e. The van der Waals surface area contributed by atoms with Gasteiger partial charge in [-0.3, -0.25) is 0 Å². The Kier molecular flexibility index (Phi) is 3.09. The van der Waals surface area contributed by atoms with Gasteiger partial charge in [0.25, 0.3) is 0 Å². The van der Waals surface area contributed by atoms with E-state index in [0.717, 1.165) is 0 Å². The Morgan fingerprint density at radius 1 is 1.58 bits per heavy atom. The van der Waals surface area contributed by atoms with E-state index in [1.807, 2.05) is 0 Å². The third kappa shape index (κ3) is 2.19. The molecular formula is C9H18O3. The van der Waals surface area contributed by atoms with Gasteiger partial charge in [-0.25, -0.2) is 0 Å². The van der Waals surface area contributed by atoms with Crippen molar-refractivity contribution in [3.05, 3.63) is 0 Å². The van der Waals surface area contributed by atoms with Crippen molar-refractivity contribution in [2.75, 3.05) is 13.2 Å². The Morgan fingerprint density at radius 3 is 2.75 bits per heavy atom. The minimum absolute atomic E-state index is 0.0934. The van der Waals surface area contributed by atoms with Gasteiger partial charge in [0.2, 0.25) is 0 Å². The number of hydrogen-bond acceptors (Lipinski definition) is 3. The number of aliphatic hydroxyl groups excluding tert-OH is 1. The summed E-state index contributed by atoms with van der Waals surface area (Å²) in [5.74, 6) is 0.406. The SMILES string of the molecule is CC(C)C1CC(O)(CO)CCO1. The van der Waals surface area contributed by atoms with Gasteiger partial charge in [0.15, 0.2) is 0 Å². The second-order valence-electron chi connectivity index (χ2n) is 3.99. The lowest BCUT2D eigenvalue weighted by Gasteiger charge is -2.37. The lowest BCUT2D eigenvalue weighted by Crippen LogP contribution is -2.45. The van der Waals surface area contributed by atoms with Crippen molar-refractivity contribution >= 4 is 0 Å². The smallest absolute Gasteiger partial charge is 0.0924 e. The number of hydrogen-bond donors (Lipinski definition) is 2. The molecule has 12 heavy (non-hydrogen) atoms. The maximum atomic E-state index is 9.77. The first kappa shape index (κ1) is 9.96. The van der Waals surface area contributed by atoms with Crippen molar-refractivity contribution in [3.63, 3.8) is 0 Å². The van der Waals surface area contributed by atoms with Gasteiger partial charge in [0.05, 0.1) is 18.3 Å². The zero-order valence-corrected chi connectivity index (χ0v) is 7.79. The molecule has 1 heterocycles. The molecule has 1 saturated heterocycles. The summed E-state index contributed by atoms with van der Waals surface area (Å²) in [4.78, 5) is 0. The average molecular weight is 174 g/mol. The minimum atomic E-state index is -0.896. The Labute approximate surface area is 73.4 Å². The molecule has 1 aliphatic heterocycles. The lowest BCUT2D eigenvalue weighted by molar-refractivity contribution is -0.134. The Morgan fingerprint density at radius 2 is 2.25 bits per heavy atom. The van der Waals surface area contributed by atoms with Gasteiger partial charge in [-0.1, -0.05) is 13.8 Å². The van der Waals surface area contributed by atoms with Gasteiger partial charge in [-0.2, -0.15) is 0 Å². The van der Waals surface area contributed by atoms with E-state index in [1.165, 1.54) is 0 Å². The molecule has 0 spiro atoms. The molecule has 2 atom stereocenters. The summed E-state index contributed by atoms with van der Waals surface area (Å²) in [5, 5.41) is 18.7. The van der Waals surface area contributed by atoms with Crippen molar-refractivity contribution in [3.8, 4) is 0 Å². The van der Waals surface area contributed by atoms with Gasteiger partial charge in [0, 0.05) is 19.4 Å². The number of ether oxygens (including phenoxy) is 1. The highest BCUT2D eigenvalue weighted by Gasteiger charge is 2.35. The Bertz CT molecular complexity index is 147. The molecule has 0 aromatic heterocycles. The fourth-order valence-corrected chi connectivity index (χ4v) is 1.51. The molecule has 0 radical (unpaired) electrons. The fourth-order valence-electron chi connectivity index (χ4n) is 1.51. The van der Waals surface area contributed by atoms with Gasteiger partial charge < -0.3 is 14.9 Å². The minimum Gasteiger partial charge on any atom is -0.393 e. The molecule has 1 rings (SSSR count). The summed E-state index contributed by atoms with van der Waals surface area (Å²) in [6.45, 7) is 4.53. The van der Waals surface area contributed by atoms with Crippen LogP contribution >= 0.6 is 0 Å². The van der Waals surface area contributed by atoms with Crippen LogP contribution in [0.15, 0.2) is 0 Å². The summed E-state index contributed by atoms with van der Waals surface area (Å²) in [7, 11) is 0. The second-order valence-corrected chi connectivity index (χ2v) is 3.99. The van der Waals surface area contributed by atoms with Gasteiger partial charge in [0.1, 0.15) is 0 Å². The van der Waals surface area contributed by atoms with Crippen LogP contribution in [0.25, 0.3) is 0 Å². The van der Waals surface area contributed by atoms with Crippen LogP contribution in [0.4, 0.5) is 0 Å². The van der Waals surface area contributed by atoms with Crippen molar-refractivity contribution in [1.29, 1.82) is 0 Å². The van der Waals surface area contributed by atoms with Crippen LogP contribution < -0.4 is 0 Å². The molecule has 0 aromatic carbocycles. The van der Waals surface area contributed by atoms with Gasteiger partial charge in [-0.15, -0.1) is 0 Å². The molecule has 3 heteroatoms. The van der Waals surface area contributed by atoms with Crippen molar-refractivity contribution in [2.45, 2.75) is 38.4 Å². The fraction of sp³-hybridized carbons (Fsp3) is 1.00. The van der Waals surface area contributed by atoms with Crippen LogP contribution in [0.3, 0.4) is 0 Å². The molecular weight excluding hydrogens is 156 g/mol. The van der Waals surface area contributed by atoms with Crippen LogP contribution in [0.1, 0.15) is 26.7 Å². The van der Waals surface area contributed by atoms with Crippen molar-refractivity contribution in [2.24, 2.45) is 5.92 Å². The molecule has 3 nitrogen and oxygen atoms in total. The molecule has 0 amide bonds. The van der Waals surface area contributed by atoms with Crippen LogP contribution in [0.2, 0.25) is 0 Å². The predicted molar refractivity (Wildman–Crippen MR) is 45.8 cm³/mol. The van der Waals surface area contributed by atoms with E-state index in [4.69, 9.17) is 9.84 Å². The highest BCUT2D eigenvalue weighted by Crippen LogP contribution is 2.27. The molecule has 72 valence electrons. The molecule has 0 saturated carbocycles. The van der Waals surface area contributed by atoms with E-state index < -0.39 is 5.60 Å². The van der Waals surface area contributed by atoms with Crippen LogP contribution in [0.5, 0.6) is 0 Å². The predicted octanol–water partition coefficient (Wildman–Crippen LogP) is 0.545. The normalized spacial score (nSPS) is 37.2. The molecule has 1 aliphatic rings. The highest BCUT2D eigenvalue weighted by molar-refractivity contribution is 4.86. The molecule has 2 unspecified atom stereocenters. The van der Waals surface area contributed by atoms with Crippen molar-refractivity contribution in [1.82, 2.24) is 0 Å². The molecule has 0 aromatic rings. The first-order valence-electron chi connectivity index (χ1n) is 4.52. The molecule has 0 bridgehead atoms. The maximum Gasteiger partial charge on any atom is 0.0924 e. The van der Waals surface area contributed by atoms with E-state index in [0.29, 0.717) is 25.4 Å². The molecule has 2 N–H and O–H groups in total. The first-order valence-corrected chi connectivity index (χ1v) is 4.52. The topological polar surface area (TPSA) is 49.7 Å². The number of aliphatic hydroxyl groups is 2. The third-order valence-electron chi connectivity index (χ3n) is 2.52. The maximum absolute atomic E-state index is 9.77.